The fraction of sp³-hybridized carbons (Fsp3) is 0.611. The Morgan fingerprint density at radius 2 is 1.75 bits per heavy atom. The average molecular weight is 333 g/mol. The number of hydrogen-bond donors (Lipinski definition) is 0. The number of nitrogens with zero attached hydrogens (tertiary/aromatic N) is 3. The van der Waals surface area contributed by atoms with E-state index in [1.807, 2.05) is 6.07 Å². The third-order valence-corrected chi connectivity index (χ3v) is 4.69. The summed E-state index contributed by atoms with van der Waals surface area (Å²) in [7, 11) is 4.79. The first-order chi connectivity index (χ1) is 11.6. The highest BCUT2D eigenvalue weighted by atomic mass is 16.5. The summed E-state index contributed by atoms with van der Waals surface area (Å²) >= 11 is 0. The van der Waals surface area contributed by atoms with Crippen LogP contribution in [-0.4, -0.2) is 63.4 Å². The van der Waals surface area contributed by atoms with E-state index in [9.17, 15) is 5.26 Å². The van der Waals surface area contributed by atoms with Crippen molar-refractivity contribution in [2.45, 2.75) is 25.9 Å². The number of rotatable bonds is 6. The van der Waals surface area contributed by atoms with Crippen LogP contribution < -0.4 is 14.2 Å². The van der Waals surface area contributed by atoms with Gasteiger partial charge in [0.05, 0.1) is 27.4 Å². The van der Waals surface area contributed by atoms with E-state index >= 15 is 0 Å². The van der Waals surface area contributed by atoms with E-state index in [0.717, 1.165) is 31.7 Å². The minimum absolute atomic E-state index is 0.293. The SMILES string of the molecule is CCN1CCN(C(C#N)c2cc(OC)c(OC)cc2OC)C(C)C1. The van der Waals surface area contributed by atoms with Crippen LogP contribution in [0.2, 0.25) is 0 Å². The molecule has 2 rings (SSSR count). The van der Waals surface area contributed by atoms with Crippen molar-refractivity contribution in [2.24, 2.45) is 0 Å². The van der Waals surface area contributed by atoms with Crippen molar-refractivity contribution >= 4 is 0 Å². The van der Waals surface area contributed by atoms with E-state index in [1.54, 1.807) is 27.4 Å². The molecule has 1 saturated heterocycles. The van der Waals surface area contributed by atoms with Crippen molar-refractivity contribution in [3.05, 3.63) is 17.7 Å². The van der Waals surface area contributed by atoms with Gasteiger partial charge in [-0.1, -0.05) is 6.92 Å². The van der Waals surface area contributed by atoms with Crippen molar-refractivity contribution in [2.75, 3.05) is 47.5 Å². The first-order valence-electron chi connectivity index (χ1n) is 8.27. The zero-order valence-electron chi connectivity index (χ0n) is 15.2. The molecule has 1 aliphatic heterocycles. The molecule has 0 radical (unpaired) electrons. The van der Waals surface area contributed by atoms with E-state index in [4.69, 9.17) is 14.2 Å². The summed E-state index contributed by atoms with van der Waals surface area (Å²) in [6.45, 7) is 8.15. The molecule has 24 heavy (non-hydrogen) atoms. The van der Waals surface area contributed by atoms with E-state index in [2.05, 4.69) is 29.7 Å². The molecule has 0 aliphatic carbocycles. The molecule has 1 aromatic carbocycles. The number of ether oxygens (including phenoxy) is 3. The van der Waals surface area contributed by atoms with Gasteiger partial charge in [0, 0.05) is 37.3 Å². The molecule has 2 atom stereocenters. The molecule has 0 saturated carbocycles. The van der Waals surface area contributed by atoms with Crippen molar-refractivity contribution in [3.8, 4) is 23.3 Å². The molecular formula is C18H27N3O3. The van der Waals surface area contributed by atoms with Gasteiger partial charge in [-0.2, -0.15) is 5.26 Å². The largest absolute Gasteiger partial charge is 0.496 e. The molecule has 0 bridgehead atoms. The summed E-state index contributed by atoms with van der Waals surface area (Å²) in [6, 6.07) is 5.99. The van der Waals surface area contributed by atoms with E-state index in [1.165, 1.54) is 0 Å². The summed E-state index contributed by atoms with van der Waals surface area (Å²) in [5, 5.41) is 9.85. The van der Waals surface area contributed by atoms with Gasteiger partial charge in [-0.3, -0.25) is 4.90 Å². The molecular weight excluding hydrogens is 306 g/mol. The fourth-order valence-corrected chi connectivity index (χ4v) is 3.31. The maximum Gasteiger partial charge on any atom is 0.164 e. The second-order valence-corrected chi connectivity index (χ2v) is 5.96. The standard InChI is InChI=1S/C18H27N3O3/c1-6-20-7-8-21(13(2)12-20)15(11-19)14-9-17(23-4)18(24-5)10-16(14)22-3/h9-10,13,15H,6-8,12H2,1-5H3. The number of piperazine rings is 1. The lowest BCUT2D eigenvalue weighted by Gasteiger charge is -2.41. The van der Waals surface area contributed by atoms with E-state index < -0.39 is 0 Å². The molecule has 6 heteroatoms. The molecule has 132 valence electrons. The average Bonchev–Trinajstić information content (AvgIpc) is 2.62. The van der Waals surface area contributed by atoms with Crippen LogP contribution in [0.25, 0.3) is 0 Å². The van der Waals surface area contributed by atoms with Gasteiger partial charge in [0.15, 0.2) is 11.5 Å². The van der Waals surface area contributed by atoms with E-state index in [0.29, 0.717) is 23.3 Å². The Kier molecular flexibility index (Phi) is 6.29. The third kappa shape index (κ3) is 3.58. The summed E-state index contributed by atoms with van der Waals surface area (Å²) in [5.41, 5.74) is 0.814. The van der Waals surface area contributed by atoms with Gasteiger partial charge in [-0.15, -0.1) is 0 Å². The van der Waals surface area contributed by atoms with Gasteiger partial charge >= 0.3 is 0 Å². The summed E-state index contributed by atoms with van der Waals surface area (Å²) in [6.07, 6.45) is 0. The molecule has 0 N–H and O–H groups in total. The molecule has 2 unspecified atom stereocenters. The molecule has 1 fully saturated rings. The zero-order valence-corrected chi connectivity index (χ0v) is 15.2. The third-order valence-electron chi connectivity index (χ3n) is 4.69. The Labute approximate surface area is 144 Å². The number of hydrogen-bond acceptors (Lipinski definition) is 6. The van der Waals surface area contributed by atoms with Crippen LogP contribution >= 0.6 is 0 Å². The van der Waals surface area contributed by atoms with Gasteiger partial charge in [-0.05, 0) is 19.5 Å². The van der Waals surface area contributed by atoms with Crippen LogP contribution in [0.5, 0.6) is 17.2 Å². The predicted molar refractivity (Wildman–Crippen MR) is 92.7 cm³/mol. The maximum atomic E-state index is 9.85. The number of methoxy groups -OCH3 is 3. The zero-order chi connectivity index (χ0) is 17.7. The topological polar surface area (TPSA) is 58.0 Å². The highest BCUT2D eigenvalue weighted by Crippen LogP contribution is 2.39. The van der Waals surface area contributed by atoms with Crippen LogP contribution in [0.1, 0.15) is 25.5 Å². The number of likely N-dealkylation sites (N-methyl/N-ethyl adjacent to an activating group) is 1. The molecule has 0 aromatic heterocycles. The van der Waals surface area contributed by atoms with E-state index in [-0.39, 0.29) is 6.04 Å². The Hall–Kier alpha value is -1.97. The first-order valence-corrected chi connectivity index (χ1v) is 8.27. The Morgan fingerprint density at radius 3 is 2.25 bits per heavy atom. The molecule has 1 heterocycles. The summed E-state index contributed by atoms with van der Waals surface area (Å²) in [4.78, 5) is 4.64. The van der Waals surface area contributed by atoms with Crippen LogP contribution in [0.4, 0.5) is 0 Å². The minimum atomic E-state index is -0.381. The first kappa shape index (κ1) is 18.4. The normalized spacial score (nSPS) is 20.2. The molecule has 0 spiro atoms. The predicted octanol–water partition coefficient (Wildman–Crippen LogP) is 2.30. The maximum absolute atomic E-state index is 9.85. The molecule has 0 amide bonds. The highest BCUT2D eigenvalue weighted by Gasteiger charge is 2.32. The van der Waals surface area contributed by atoms with Crippen LogP contribution in [0.15, 0.2) is 12.1 Å². The fourth-order valence-electron chi connectivity index (χ4n) is 3.31. The van der Waals surface area contributed by atoms with Crippen molar-refractivity contribution in [3.63, 3.8) is 0 Å². The van der Waals surface area contributed by atoms with Gasteiger partial charge in [0.2, 0.25) is 0 Å². The lowest BCUT2D eigenvalue weighted by Crippen LogP contribution is -2.52. The van der Waals surface area contributed by atoms with Crippen molar-refractivity contribution < 1.29 is 14.2 Å². The molecule has 1 aliphatic rings. The van der Waals surface area contributed by atoms with Gasteiger partial charge in [-0.25, -0.2) is 0 Å². The van der Waals surface area contributed by atoms with Crippen molar-refractivity contribution in [1.82, 2.24) is 9.80 Å². The monoisotopic (exact) mass is 333 g/mol. The number of nitriles is 1. The summed E-state index contributed by atoms with van der Waals surface area (Å²) < 4.78 is 16.3. The quantitative estimate of drug-likeness (QED) is 0.796. The Balaban J connectivity index is 2.38. The second kappa shape index (κ2) is 8.22. The molecule has 1 aromatic rings. The second-order valence-electron chi connectivity index (χ2n) is 5.96. The highest BCUT2D eigenvalue weighted by molar-refractivity contribution is 5.53. The summed E-state index contributed by atoms with van der Waals surface area (Å²) in [5.74, 6) is 1.84. The lowest BCUT2D eigenvalue weighted by atomic mass is 10.0. The smallest absolute Gasteiger partial charge is 0.164 e. The Morgan fingerprint density at radius 1 is 1.12 bits per heavy atom. The van der Waals surface area contributed by atoms with Gasteiger partial charge in [0.25, 0.3) is 0 Å². The van der Waals surface area contributed by atoms with Crippen LogP contribution in [0.3, 0.4) is 0 Å². The molecule has 6 nitrogen and oxygen atoms in total. The minimum Gasteiger partial charge on any atom is -0.496 e. The van der Waals surface area contributed by atoms with Gasteiger partial charge < -0.3 is 19.1 Å². The van der Waals surface area contributed by atoms with Crippen LogP contribution in [0, 0.1) is 11.3 Å². The van der Waals surface area contributed by atoms with Gasteiger partial charge in [0.1, 0.15) is 11.8 Å². The Bertz CT molecular complexity index is 600. The lowest BCUT2D eigenvalue weighted by molar-refractivity contribution is 0.0675. The number of benzene rings is 1. The van der Waals surface area contributed by atoms with Crippen LogP contribution in [-0.2, 0) is 0 Å². The van der Waals surface area contributed by atoms with Crippen molar-refractivity contribution in [1.29, 1.82) is 5.26 Å².